The topological polar surface area (TPSA) is 37.2 Å². The van der Waals surface area contributed by atoms with Gasteiger partial charge in [-0.1, -0.05) is 51.1 Å². The molecule has 0 amide bonds. The minimum atomic E-state index is -0.689. The first-order valence-corrected chi connectivity index (χ1v) is 9.01. The normalized spacial score (nSPS) is 14.5. The number of fused-ring (bicyclic) bond motifs is 1. The van der Waals surface area contributed by atoms with Gasteiger partial charge in [0, 0.05) is 23.6 Å². The number of rotatable bonds is 5. The molecular formula is C22H27FN2O. The largest absolute Gasteiger partial charge is 0.389 e. The summed E-state index contributed by atoms with van der Waals surface area (Å²) in [7, 11) is 1.81. The Bertz CT molecular complexity index is 895. The van der Waals surface area contributed by atoms with E-state index in [9.17, 15) is 9.50 Å². The molecule has 0 bridgehead atoms. The van der Waals surface area contributed by atoms with Crippen molar-refractivity contribution < 1.29 is 9.50 Å². The van der Waals surface area contributed by atoms with E-state index < -0.39 is 6.10 Å². The van der Waals surface area contributed by atoms with Gasteiger partial charge in [-0.25, -0.2) is 4.39 Å². The van der Waals surface area contributed by atoms with Crippen molar-refractivity contribution in [1.82, 2.24) is 9.88 Å². The van der Waals surface area contributed by atoms with Crippen molar-refractivity contribution in [2.45, 2.75) is 38.3 Å². The molecule has 3 rings (SSSR count). The van der Waals surface area contributed by atoms with Crippen molar-refractivity contribution in [3.63, 3.8) is 0 Å². The van der Waals surface area contributed by atoms with E-state index in [1.165, 1.54) is 17.7 Å². The van der Waals surface area contributed by atoms with Gasteiger partial charge in [0.05, 0.1) is 12.1 Å². The molecule has 0 unspecified atom stereocenters. The highest BCUT2D eigenvalue weighted by molar-refractivity contribution is 5.85. The summed E-state index contributed by atoms with van der Waals surface area (Å²) in [5, 5.41) is 15.1. The zero-order valence-corrected chi connectivity index (χ0v) is 15.8. The number of para-hydroxylation sites is 1. The molecule has 0 saturated heterocycles. The van der Waals surface area contributed by atoms with Crippen LogP contribution < -0.4 is 5.32 Å². The molecule has 138 valence electrons. The third-order valence-corrected chi connectivity index (χ3v) is 4.82. The molecule has 3 aromatic rings. The van der Waals surface area contributed by atoms with E-state index in [1.807, 2.05) is 18.2 Å². The molecule has 1 aromatic heterocycles. The van der Waals surface area contributed by atoms with Gasteiger partial charge in [-0.05, 0) is 41.8 Å². The van der Waals surface area contributed by atoms with Gasteiger partial charge in [-0.3, -0.25) is 0 Å². The number of nitrogens with one attached hydrogen (secondary N) is 1. The Morgan fingerprint density at radius 2 is 1.85 bits per heavy atom. The van der Waals surface area contributed by atoms with Gasteiger partial charge in [0.1, 0.15) is 5.82 Å². The van der Waals surface area contributed by atoms with E-state index in [1.54, 1.807) is 13.1 Å². The highest BCUT2D eigenvalue weighted by Crippen LogP contribution is 2.36. The average molecular weight is 354 g/mol. The number of hydrogen-bond acceptors (Lipinski definition) is 2. The molecule has 0 saturated carbocycles. The second-order valence-corrected chi connectivity index (χ2v) is 7.84. The smallest absolute Gasteiger partial charge is 0.123 e. The van der Waals surface area contributed by atoms with E-state index >= 15 is 0 Å². The van der Waals surface area contributed by atoms with Crippen LogP contribution in [0.5, 0.6) is 0 Å². The lowest BCUT2D eigenvalue weighted by Gasteiger charge is -2.26. The Hall–Kier alpha value is -2.17. The molecule has 0 radical (unpaired) electrons. The Morgan fingerprint density at radius 3 is 2.50 bits per heavy atom. The van der Waals surface area contributed by atoms with E-state index in [-0.39, 0.29) is 17.3 Å². The summed E-state index contributed by atoms with van der Waals surface area (Å²) in [5.74, 6) is -0.295. The maximum Gasteiger partial charge on any atom is 0.123 e. The maximum absolute atomic E-state index is 13.9. The van der Waals surface area contributed by atoms with Crippen molar-refractivity contribution in [2.24, 2.45) is 0 Å². The Balaban J connectivity index is 2.24. The maximum atomic E-state index is 13.9. The molecule has 0 aliphatic rings. The van der Waals surface area contributed by atoms with Crippen LogP contribution >= 0.6 is 0 Å². The zero-order valence-electron chi connectivity index (χ0n) is 15.8. The van der Waals surface area contributed by atoms with E-state index in [2.05, 4.69) is 49.0 Å². The van der Waals surface area contributed by atoms with Crippen LogP contribution in [0.4, 0.5) is 4.39 Å². The quantitative estimate of drug-likeness (QED) is 0.719. The van der Waals surface area contributed by atoms with Crippen LogP contribution in [0.3, 0.4) is 0 Å². The number of nitrogens with zero attached hydrogens (tertiary/aromatic N) is 1. The van der Waals surface area contributed by atoms with Crippen LogP contribution in [0.25, 0.3) is 10.9 Å². The number of hydrogen-bond donors (Lipinski definition) is 2. The third kappa shape index (κ3) is 3.53. The lowest BCUT2D eigenvalue weighted by Crippen LogP contribution is -2.33. The average Bonchev–Trinajstić information content (AvgIpc) is 2.95. The molecule has 2 atom stereocenters. The molecule has 0 spiro atoms. The fraction of sp³-hybridized carbons (Fsp3) is 0.364. The minimum absolute atomic E-state index is 0.0364. The van der Waals surface area contributed by atoms with Gasteiger partial charge >= 0.3 is 0 Å². The van der Waals surface area contributed by atoms with Crippen LogP contribution in [-0.2, 0) is 5.41 Å². The van der Waals surface area contributed by atoms with Gasteiger partial charge in [-0.15, -0.1) is 0 Å². The SMILES string of the molecule is CNC[C@@H](O)[C@H](c1cccc(F)c1)n1cc(C(C)(C)C)c2ccccc21. The monoisotopic (exact) mass is 354 g/mol. The standard InChI is InChI=1S/C22H27FN2O/c1-22(2,3)18-14-25(19-11-6-5-10-17(18)19)21(20(26)13-24-4)15-8-7-9-16(23)12-15/h5-12,14,20-21,24,26H,13H2,1-4H3/t20-,21+/m1/s1. The van der Waals surface area contributed by atoms with Crippen LogP contribution in [0.1, 0.15) is 37.9 Å². The van der Waals surface area contributed by atoms with Crippen molar-refractivity contribution in [2.75, 3.05) is 13.6 Å². The van der Waals surface area contributed by atoms with Crippen molar-refractivity contribution in [3.8, 4) is 0 Å². The zero-order chi connectivity index (χ0) is 18.9. The third-order valence-electron chi connectivity index (χ3n) is 4.82. The number of likely N-dealkylation sites (N-methyl/N-ethyl adjacent to an activating group) is 1. The molecule has 0 aliphatic carbocycles. The van der Waals surface area contributed by atoms with Crippen molar-refractivity contribution in [3.05, 3.63) is 71.7 Å². The predicted molar refractivity (Wildman–Crippen MR) is 105 cm³/mol. The van der Waals surface area contributed by atoms with Gasteiger partial charge in [0.2, 0.25) is 0 Å². The molecule has 4 heteroatoms. The molecule has 26 heavy (non-hydrogen) atoms. The molecule has 3 nitrogen and oxygen atoms in total. The fourth-order valence-corrected chi connectivity index (χ4v) is 3.61. The highest BCUT2D eigenvalue weighted by Gasteiger charge is 2.28. The van der Waals surface area contributed by atoms with Crippen LogP contribution in [-0.4, -0.2) is 29.4 Å². The first kappa shape index (κ1) is 18.6. The summed E-state index contributed by atoms with van der Waals surface area (Å²) in [6.45, 7) is 6.96. The molecule has 2 aromatic carbocycles. The Labute approximate surface area is 154 Å². The lowest BCUT2D eigenvalue weighted by atomic mass is 9.87. The molecule has 1 heterocycles. The molecule has 0 aliphatic heterocycles. The summed E-state index contributed by atoms with van der Waals surface area (Å²) < 4.78 is 16.0. The number of benzene rings is 2. The fourth-order valence-electron chi connectivity index (χ4n) is 3.61. The highest BCUT2D eigenvalue weighted by atomic mass is 19.1. The van der Waals surface area contributed by atoms with Crippen LogP contribution in [0.15, 0.2) is 54.7 Å². The second kappa shape index (κ2) is 7.22. The Morgan fingerprint density at radius 1 is 1.12 bits per heavy atom. The van der Waals surface area contributed by atoms with E-state index in [4.69, 9.17) is 0 Å². The lowest BCUT2D eigenvalue weighted by molar-refractivity contribution is 0.132. The number of aliphatic hydroxyl groups excluding tert-OH is 1. The summed E-state index contributed by atoms with van der Waals surface area (Å²) in [6.07, 6.45) is 1.42. The first-order valence-electron chi connectivity index (χ1n) is 9.01. The second-order valence-electron chi connectivity index (χ2n) is 7.84. The van der Waals surface area contributed by atoms with Gasteiger partial charge < -0.3 is 15.0 Å². The van der Waals surface area contributed by atoms with Crippen molar-refractivity contribution in [1.29, 1.82) is 0 Å². The van der Waals surface area contributed by atoms with Crippen molar-refractivity contribution >= 4 is 10.9 Å². The molecule has 0 fully saturated rings. The molecule has 2 N–H and O–H groups in total. The molecular weight excluding hydrogens is 327 g/mol. The van der Waals surface area contributed by atoms with Gasteiger partial charge in [0.25, 0.3) is 0 Å². The van der Waals surface area contributed by atoms with Gasteiger partial charge in [0.15, 0.2) is 0 Å². The van der Waals surface area contributed by atoms with E-state index in [0.717, 1.165) is 16.5 Å². The van der Waals surface area contributed by atoms with E-state index in [0.29, 0.717) is 6.54 Å². The number of aliphatic hydroxyl groups is 1. The Kier molecular flexibility index (Phi) is 5.17. The minimum Gasteiger partial charge on any atom is -0.389 e. The van der Waals surface area contributed by atoms with Crippen LogP contribution in [0.2, 0.25) is 0 Å². The summed E-state index contributed by atoms with van der Waals surface area (Å²) >= 11 is 0. The predicted octanol–water partition coefficient (Wildman–Crippen LogP) is 4.25. The summed E-state index contributed by atoms with van der Waals surface area (Å²) in [6, 6.07) is 14.3. The first-order chi connectivity index (χ1) is 12.3. The number of halogens is 1. The summed E-state index contributed by atoms with van der Waals surface area (Å²) in [5.41, 5.74) is 2.98. The van der Waals surface area contributed by atoms with Gasteiger partial charge in [-0.2, -0.15) is 0 Å². The van der Waals surface area contributed by atoms with Crippen LogP contribution in [0, 0.1) is 5.82 Å². The number of aromatic nitrogens is 1. The summed E-state index contributed by atoms with van der Waals surface area (Å²) in [4.78, 5) is 0.